The van der Waals surface area contributed by atoms with Crippen LogP contribution in [-0.2, 0) is 4.79 Å². The average Bonchev–Trinajstić information content (AvgIpc) is 2.74. The second-order valence-electron chi connectivity index (χ2n) is 5.44. The fourth-order valence-electron chi connectivity index (χ4n) is 2.51. The summed E-state index contributed by atoms with van der Waals surface area (Å²) in [5.41, 5.74) is 4.85. The van der Waals surface area contributed by atoms with Gasteiger partial charge in [-0.1, -0.05) is 13.3 Å². The number of carbonyl (C=O) groups excluding carboxylic acids is 1. The Balaban J connectivity index is 2.34. The zero-order chi connectivity index (χ0) is 12.9. The van der Waals surface area contributed by atoms with Crippen LogP contribution in [0.2, 0.25) is 0 Å². The van der Waals surface area contributed by atoms with Gasteiger partial charge in [-0.2, -0.15) is 0 Å². The van der Waals surface area contributed by atoms with Crippen molar-refractivity contribution in [3.05, 3.63) is 0 Å². The van der Waals surface area contributed by atoms with Crippen LogP contribution < -0.4 is 11.1 Å². The molecule has 1 heterocycles. The first kappa shape index (κ1) is 14.5. The van der Waals surface area contributed by atoms with E-state index in [0.29, 0.717) is 0 Å². The molecule has 0 aromatic heterocycles. The van der Waals surface area contributed by atoms with Crippen LogP contribution in [0.1, 0.15) is 39.5 Å². The number of likely N-dealkylation sites (N-methyl/N-ethyl adjacent to an activating group) is 1. The van der Waals surface area contributed by atoms with Crippen LogP contribution in [0, 0.1) is 5.92 Å². The van der Waals surface area contributed by atoms with E-state index in [0.717, 1.165) is 18.9 Å². The zero-order valence-electron chi connectivity index (χ0n) is 11.5. The van der Waals surface area contributed by atoms with E-state index >= 15 is 0 Å². The Morgan fingerprint density at radius 3 is 2.82 bits per heavy atom. The summed E-state index contributed by atoms with van der Waals surface area (Å²) < 4.78 is 0. The van der Waals surface area contributed by atoms with E-state index in [-0.39, 0.29) is 5.91 Å². The van der Waals surface area contributed by atoms with Crippen molar-refractivity contribution in [3.63, 3.8) is 0 Å². The quantitative estimate of drug-likeness (QED) is 0.698. The van der Waals surface area contributed by atoms with Gasteiger partial charge >= 0.3 is 0 Å². The Kier molecular flexibility index (Phi) is 5.40. The molecule has 1 rings (SSSR count). The maximum atomic E-state index is 11.4. The number of primary amides is 1. The molecular formula is C13H27N3O. The van der Waals surface area contributed by atoms with E-state index in [1.807, 2.05) is 6.92 Å². The monoisotopic (exact) mass is 241 g/mol. The van der Waals surface area contributed by atoms with Crippen LogP contribution in [0.3, 0.4) is 0 Å². The van der Waals surface area contributed by atoms with Crippen molar-refractivity contribution in [3.8, 4) is 0 Å². The van der Waals surface area contributed by atoms with Gasteiger partial charge in [-0.15, -0.1) is 0 Å². The Hall–Kier alpha value is -0.610. The molecule has 0 saturated carbocycles. The Bertz CT molecular complexity index is 257. The van der Waals surface area contributed by atoms with E-state index in [9.17, 15) is 4.79 Å². The van der Waals surface area contributed by atoms with Gasteiger partial charge in [0.05, 0.1) is 5.54 Å². The second-order valence-corrected chi connectivity index (χ2v) is 5.44. The normalized spacial score (nSPS) is 24.8. The summed E-state index contributed by atoms with van der Waals surface area (Å²) >= 11 is 0. The molecule has 1 fully saturated rings. The number of carbonyl (C=O) groups is 1. The number of nitrogens with zero attached hydrogens (tertiary/aromatic N) is 1. The number of hydrogen-bond acceptors (Lipinski definition) is 3. The van der Waals surface area contributed by atoms with Crippen LogP contribution in [0.15, 0.2) is 0 Å². The highest BCUT2D eigenvalue weighted by molar-refractivity contribution is 5.84. The van der Waals surface area contributed by atoms with E-state index < -0.39 is 5.54 Å². The second kappa shape index (κ2) is 6.36. The van der Waals surface area contributed by atoms with Crippen molar-refractivity contribution in [2.45, 2.75) is 45.1 Å². The summed E-state index contributed by atoms with van der Waals surface area (Å²) in [5.74, 6) is 0.596. The number of likely N-dealkylation sites (tertiary alicyclic amines) is 1. The van der Waals surface area contributed by atoms with Crippen LogP contribution in [-0.4, -0.2) is 43.0 Å². The maximum Gasteiger partial charge on any atom is 0.237 e. The third-order valence-corrected chi connectivity index (χ3v) is 4.09. The van der Waals surface area contributed by atoms with Crippen molar-refractivity contribution in [2.75, 3.05) is 26.7 Å². The van der Waals surface area contributed by atoms with Crippen molar-refractivity contribution in [1.29, 1.82) is 0 Å². The van der Waals surface area contributed by atoms with E-state index in [2.05, 4.69) is 17.1 Å². The van der Waals surface area contributed by atoms with Crippen molar-refractivity contribution in [1.82, 2.24) is 10.2 Å². The third-order valence-electron chi connectivity index (χ3n) is 4.09. The fourth-order valence-corrected chi connectivity index (χ4v) is 2.51. The molecule has 1 aliphatic rings. The largest absolute Gasteiger partial charge is 0.368 e. The predicted octanol–water partition coefficient (Wildman–Crippen LogP) is 0.962. The molecule has 4 nitrogen and oxygen atoms in total. The number of rotatable bonds is 7. The van der Waals surface area contributed by atoms with E-state index in [4.69, 9.17) is 5.73 Å². The number of amides is 1. The minimum atomic E-state index is -0.567. The molecule has 1 saturated heterocycles. The lowest BCUT2D eigenvalue weighted by atomic mass is 9.97. The highest BCUT2D eigenvalue weighted by atomic mass is 16.1. The molecule has 0 aromatic rings. The first-order chi connectivity index (χ1) is 8.01. The van der Waals surface area contributed by atoms with Gasteiger partial charge in [-0.05, 0) is 45.7 Å². The summed E-state index contributed by atoms with van der Waals surface area (Å²) in [6.45, 7) is 7.44. The van der Waals surface area contributed by atoms with E-state index in [1.54, 1.807) is 7.05 Å². The lowest BCUT2D eigenvalue weighted by molar-refractivity contribution is -0.124. The molecule has 1 aliphatic heterocycles. The van der Waals surface area contributed by atoms with Crippen LogP contribution in [0.5, 0.6) is 0 Å². The Morgan fingerprint density at radius 1 is 1.59 bits per heavy atom. The Morgan fingerprint density at radius 2 is 2.29 bits per heavy atom. The topological polar surface area (TPSA) is 58.4 Å². The van der Waals surface area contributed by atoms with Gasteiger partial charge in [-0.25, -0.2) is 0 Å². The van der Waals surface area contributed by atoms with E-state index in [1.165, 1.54) is 32.4 Å². The number of hydrogen-bond donors (Lipinski definition) is 2. The zero-order valence-corrected chi connectivity index (χ0v) is 11.5. The molecule has 3 N–H and O–H groups in total. The summed E-state index contributed by atoms with van der Waals surface area (Å²) in [6.07, 6.45) is 4.70. The molecule has 2 atom stereocenters. The number of nitrogens with one attached hydrogen (secondary N) is 1. The van der Waals surface area contributed by atoms with Gasteiger partial charge in [0.25, 0.3) is 0 Å². The lowest BCUT2D eigenvalue weighted by Crippen LogP contribution is -2.53. The SMILES string of the molecule is CCCC1CCN(CCC(C)(NC)C(N)=O)C1. The molecule has 4 heteroatoms. The average molecular weight is 241 g/mol. The summed E-state index contributed by atoms with van der Waals surface area (Å²) in [4.78, 5) is 13.8. The predicted molar refractivity (Wildman–Crippen MR) is 70.7 cm³/mol. The Labute approximate surface area is 105 Å². The van der Waals surface area contributed by atoms with Crippen LogP contribution in [0.4, 0.5) is 0 Å². The summed E-state index contributed by atoms with van der Waals surface area (Å²) in [6, 6.07) is 0. The summed E-state index contributed by atoms with van der Waals surface area (Å²) in [7, 11) is 1.80. The molecule has 0 aromatic carbocycles. The third kappa shape index (κ3) is 3.96. The standard InChI is InChI=1S/C13H27N3O/c1-4-5-11-6-8-16(10-11)9-7-13(2,15-3)12(14)17/h11,15H,4-10H2,1-3H3,(H2,14,17). The molecule has 0 bridgehead atoms. The first-order valence-electron chi connectivity index (χ1n) is 6.73. The minimum Gasteiger partial charge on any atom is -0.368 e. The molecule has 0 spiro atoms. The smallest absolute Gasteiger partial charge is 0.237 e. The molecular weight excluding hydrogens is 214 g/mol. The maximum absolute atomic E-state index is 11.4. The van der Waals surface area contributed by atoms with Crippen molar-refractivity contribution >= 4 is 5.91 Å². The molecule has 1 amide bonds. The highest BCUT2D eigenvalue weighted by Gasteiger charge is 2.30. The van der Waals surface area contributed by atoms with Gasteiger partial charge in [0.1, 0.15) is 0 Å². The molecule has 100 valence electrons. The minimum absolute atomic E-state index is 0.260. The van der Waals surface area contributed by atoms with Crippen molar-refractivity contribution < 1.29 is 4.79 Å². The first-order valence-corrected chi connectivity index (χ1v) is 6.73. The number of nitrogens with two attached hydrogens (primary N) is 1. The van der Waals surface area contributed by atoms with Gasteiger partial charge in [-0.3, -0.25) is 4.79 Å². The van der Waals surface area contributed by atoms with Crippen molar-refractivity contribution in [2.24, 2.45) is 11.7 Å². The lowest BCUT2D eigenvalue weighted by Gasteiger charge is -2.28. The van der Waals surface area contributed by atoms with Crippen LogP contribution >= 0.6 is 0 Å². The fraction of sp³-hybridized carbons (Fsp3) is 0.923. The molecule has 2 unspecified atom stereocenters. The van der Waals surface area contributed by atoms with Gasteiger partial charge in [0, 0.05) is 13.1 Å². The van der Waals surface area contributed by atoms with Gasteiger partial charge in [0.2, 0.25) is 5.91 Å². The molecule has 0 radical (unpaired) electrons. The summed E-state index contributed by atoms with van der Waals surface area (Å²) in [5, 5.41) is 3.04. The highest BCUT2D eigenvalue weighted by Crippen LogP contribution is 2.22. The van der Waals surface area contributed by atoms with Gasteiger partial charge < -0.3 is 16.0 Å². The van der Waals surface area contributed by atoms with Gasteiger partial charge in [0.15, 0.2) is 0 Å². The molecule has 17 heavy (non-hydrogen) atoms. The molecule has 0 aliphatic carbocycles. The van der Waals surface area contributed by atoms with Crippen LogP contribution in [0.25, 0.3) is 0 Å².